The number of benzene rings is 2. The molecule has 1 saturated carbocycles. The van der Waals surface area contributed by atoms with E-state index in [0.717, 1.165) is 36.0 Å². The third-order valence-electron chi connectivity index (χ3n) is 7.08. The Kier molecular flexibility index (Phi) is 8.27. The number of amides is 1. The largest absolute Gasteiger partial charge is 0.493 e. The molecule has 3 aromatic rings. The summed E-state index contributed by atoms with van der Waals surface area (Å²) in [7, 11) is 1.64. The molecule has 9 heteroatoms. The second kappa shape index (κ2) is 12.2. The summed E-state index contributed by atoms with van der Waals surface area (Å²) in [6.45, 7) is 2.37. The second-order valence-corrected chi connectivity index (χ2v) is 9.77. The van der Waals surface area contributed by atoms with Gasteiger partial charge in [0.15, 0.2) is 17.8 Å². The van der Waals surface area contributed by atoms with E-state index in [9.17, 15) is 9.59 Å². The third kappa shape index (κ3) is 6.15. The number of anilines is 1. The van der Waals surface area contributed by atoms with Crippen molar-refractivity contribution in [3.8, 4) is 11.5 Å². The van der Waals surface area contributed by atoms with Crippen LogP contribution in [-0.4, -0.2) is 53.4 Å². The van der Waals surface area contributed by atoms with E-state index in [1.807, 2.05) is 49.4 Å². The first-order valence-corrected chi connectivity index (χ1v) is 13.4. The van der Waals surface area contributed by atoms with Crippen molar-refractivity contribution in [3.63, 3.8) is 0 Å². The molecular weight excluding hydrogens is 496 g/mol. The number of rotatable bonds is 10. The van der Waals surface area contributed by atoms with Crippen molar-refractivity contribution in [2.75, 3.05) is 12.4 Å². The fraction of sp³-hybridized carbons (Fsp3) is 0.367. The molecule has 2 unspecified atom stereocenters. The van der Waals surface area contributed by atoms with Crippen molar-refractivity contribution in [1.29, 1.82) is 0 Å². The van der Waals surface area contributed by atoms with Crippen LogP contribution in [0.15, 0.2) is 65.9 Å². The van der Waals surface area contributed by atoms with Crippen LogP contribution >= 0.6 is 0 Å². The topological polar surface area (TPSA) is 105 Å². The zero-order valence-corrected chi connectivity index (χ0v) is 22.3. The lowest BCUT2D eigenvalue weighted by Crippen LogP contribution is -2.45. The SMILES string of the molecule is CCC1OC(C=O)N(Cc2ccc(NC(=O)c3ccc[nH]3)cc2)N=C1c1ccc(OC)c(OC2CCCC2)c1. The quantitative estimate of drug-likeness (QED) is 0.352. The molecule has 2 aliphatic rings. The number of hydrogen-bond acceptors (Lipinski definition) is 7. The molecule has 39 heavy (non-hydrogen) atoms. The molecular formula is C30H34N4O5. The molecule has 0 radical (unpaired) electrons. The van der Waals surface area contributed by atoms with E-state index in [1.165, 1.54) is 12.8 Å². The number of aromatic nitrogens is 1. The summed E-state index contributed by atoms with van der Waals surface area (Å²) in [6.07, 6.45) is 6.61. The second-order valence-electron chi connectivity index (χ2n) is 9.77. The van der Waals surface area contributed by atoms with Crippen molar-refractivity contribution in [3.05, 3.63) is 77.6 Å². The lowest BCUT2D eigenvalue weighted by atomic mass is 10.0. The van der Waals surface area contributed by atoms with Gasteiger partial charge in [0.25, 0.3) is 5.91 Å². The third-order valence-corrected chi connectivity index (χ3v) is 7.08. The molecule has 2 N–H and O–H groups in total. The molecule has 1 fully saturated rings. The molecule has 0 spiro atoms. The first-order valence-electron chi connectivity index (χ1n) is 13.4. The fourth-order valence-corrected chi connectivity index (χ4v) is 4.99. The van der Waals surface area contributed by atoms with Gasteiger partial charge in [-0.25, -0.2) is 0 Å². The molecule has 9 nitrogen and oxygen atoms in total. The number of aromatic amines is 1. The van der Waals surface area contributed by atoms with Crippen LogP contribution in [0.3, 0.4) is 0 Å². The number of nitrogens with one attached hydrogen (secondary N) is 2. The predicted octanol–water partition coefficient (Wildman–Crippen LogP) is 5.14. The van der Waals surface area contributed by atoms with Gasteiger partial charge in [-0.15, -0.1) is 0 Å². The van der Waals surface area contributed by atoms with Crippen LogP contribution in [0.4, 0.5) is 5.69 Å². The first-order chi connectivity index (χ1) is 19.1. The molecule has 204 valence electrons. The van der Waals surface area contributed by atoms with Gasteiger partial charge in [0.1, 0.15) is 11.8 Å². The Bertz CT molecular complexity index is 1300. The van der Waals surface area contributed by atoms with E-state index in [4.69, 9.17) is 19.3 Å². The molecule has 2 heterocycles. The number of methoxy groups -OCH3 is 1. The minimum Gasteiger partial charge on any atom is -0.493 e. The normalized spacial score (nSPS) is 19.4. The number of carbonyl (C=O) groups is 2. The van der Waals surface area contributed by atoms with Crippen molar-refractivity contribution >= 4 is 23.6 Å². The van der Waals surface area contributed by atoms with E-state index in [1.54, 1.807) is 30.4 Å². The Labute approximate surface area is 228 Å². The molecule has 1 aliphatic heterocycles. The summed E-state index contributed by atoms with van der Waals surface area (Å²) < 4.78 is 18.0. The van der Waals surface area contributed by atoms with E-state index < -0.39 is 6.23 Å². The van der Waals surface area contributed by atoms with E-state index >= 15 is 0 Å². The van der Waals surface area contributed by atoms with Crippen LogP contribution < -0.4 is 14.8 Å². The van der Waals surface area contributed by atoms with Crippen molar-refractivity contribution in [1.82, 2.24) is 9.99 Å². The van der Waals surface area contributed by atoms with Gasteiger partial charge in [0, 0.05) is 17.4 Å². The average Bonchev–Trinajstić information content (AvgIpc) is 3.69. The maximum absolute atomic E-state index is 12.3. The average molecular weight is 531 g/mol. The summed E-state index contributed by atoms with van der Waals surface area (Å²) in [5, 5.41) is 9.43. The monoisotopic (exact) mass is 530 g/mol. The number of ether oxygens (including phenoxy) is 3. The number of carbonyl (C=O) groups excluding carboxylic acids is 2. The number of hydrazone groups is 1. The first kappa shape index (κ1) is 26.5. The highest BCUT2D eigenvalue weighted by atomic mass is 16.5. The highest BCUT2D eigenvalue weighted by Gasteiger charge is 2.32. The summed E-state index contributed by atoms with van der Waals surface area (Å²) in [4.78, 5) is 27.2. The van der Waals surface area contributed by atoms with Gasteiger partial charge in [0.05, 0.1) is 25.5 Å². The molecule has 1 aliphatic carbocycles. The van der Waals surface area contributed by atoms with Crippen LogP contribution in [-0.2, 0) is 16.1 Å². The Hall–Kier alpha value is -4.11. The summed E-state index contributed by atoms with van der Waals surface area (Å²) in [5.41, 5.74) is 3.68. The Morgan fingerprint density at radius 2 is 1.95 bits per heavy atom. The highest BCUT2D eigenvalue weighted by Crippen LogP contribution is 2.34. The Balaban J connectivity index is 1.36. The maximum Gasteiger partial charge on any atom is 0.272 e. The maximum atomic E-state index is 12.3. The van der Waals surface area contributed by atoms with Crippen LogP contribution in [0.5, 0.6) is 11.5 Å². The zero-order valence-electron chi connectivity index (χ0n) is 22.3. The molecule has 2 aromatic carbocycles. The van der Waals surface area contributed by atoms with Crippen LogP contribution in [0.1, 0.15) is 60.6 Å². The van der Waals surface area contributed by atoms with Gasteiger partial charge in [-0.3, -0.25) is 14.6 Å². The van der Waals surface area contributed by atoms with Gasteiger partial charge in [0.2, 0.25) is 6.23 Å². The van der Waals surface area contributed by atoms with Crippen molar-refractivity contribution in [2.45, 2.75) is 64.0 Å². The minimum atomic E-state index is -0.807. The van der Waals surface area contributed by atoms with E-state index in [0.29, 0.717) is 35.8 Å². The summed E-state index contributed by atoms with van der Waals surface area (Å²) in [6, 6.07) is 16.7. The molecule has 1 amide bonds. The van der Waals surface area contributed by atoms with Crippen molar-refractivity contribution in [2.24, 2.45) is 5.10 Å². The summed E-state index contributed by atoms with van der Waals surface area (Å²) >= 11 is 0. The molecule has 0 bridgehead atoms. The van der Waals surface area contributed by atoms with Crippen LogP contribution in [0, 0.1) is 0 Å². The number of hydrogen-bond donors (Lipinski definition) is 2. The van der Waals surface area contributed by atoms with E-state index in [-0.39, 0.29) is 18.1 Å². The molecule has 5 rings (SSSR count). The van der Waals surface area contributed by atoms with E-state index in [2.05, 4.69) is 10.3 Å². The van der Waals surface area contributed by atoms with Crippen molar-refractivity contribution < 1.29 is 23.8 Å². The molecule has 1 aromatic heterocycles. The van der Waals surface area contributed by atoms with Gasteiger partial charge >= 0.3 is 0 Å². The predicted molar refractivity (Wildman–Crippen MR) is 148 cm³/mol. The standard InChI is InChI=1S/C30H34N4O5/c1-3-25-29(21-12-15-26(37-2)27(17-21)38-23-7-4-5-8-23)33-34(28(19-35)39-25)18-20-10-13-22(14-11-20)32-30(36)24-9-6-16-31-24/h6,9-17,19,23,25,28,31H,3-5,7-8,18H2,1-2H3,(H,32,36). The summed E-state index contributed by atoms with van der Waals surface area (Å²) in [5.74, 6) is 1.16. The van der Waals surface area contributed by atoms with Crippen LogP contribution in [0.2, 0.25) is 0 Å². The minimum absolute atomic E-state index is 0.187. The lowest BCUT2D eigenvalue weighted by Gasteiger charge is -2.35. The lowest BCUT2D eigenvalue weighted by molar-refractivity contribution is -0.139. The van der Waals surface area contributed by atoms with Gasteiger partial charge < -0.3 is 24.5 Å². The molecule has 2 atom stereocenters. The number of aldehydes is 1. The zero-order chi connectivity index (χ0) is 27.2. The molecule has 0 saturated heterocycles. The Morgan fingerprint density at radius 3 is 2.62 bits per heavy atom. The van der Waals surface area contributed by atoms with Gasteiger partial charge in [-0.05, 0) is 80.1 Å². The Morgan fingerprint density at radius 1 is 1.15 bits per heavy atom. The smallest absolute Gasteiger partial charge is 0.272 e. The number of nitrogens with zero attached hydrogens (tertiary/aromatic N) is 2. The van der Waals surface area contributed by atoms with Gasteiger partial charge in [-0.1, -0.05) is 19.1 Å². The fourth-order valence-electron chi connectivity index (χ4n) is 4.99. The van der Waals surface area contributed by atoms with Gasteiger partial charge in [-0.2, -0.15) is 5.10 Å². The highest BCUT2D eigenvalue weighted by molar-refractivity contribution is 6.04. The number of H-pyrrole nitrogens is 1. The van der Waals surface area contributed by atoms with Crippen LogP contribution in [0.25, 0.3) is 0 Å².